The lowest BCUT2D eigenvalue weighted by Gasteiger charge is -2.01. The van der Waals surface area contributed by atoms with Gasteiger partial charge in [-0.25, -0.2) is 4.98 Å². The van der Waals surface area contributed by atoms with E-state index in [2.05, 4.69) is 4.98 Å². The molecular formula is C13H16N2O2. The lowest BCUT2D eigenvalue weighted by atomic mass is 10.2. The predicted octanol–water partition coefficient (Wildman–Crippen LogP) is 2.24. The van der Waals surface area contributed by atoms with Crippen LogP contribution >= 0.6 is 0 Å². The van der Waals surface area contributed by atoms with Crippen molar-refractivity contribution < 1.29 is 9.15 Å². The molecule has 1 atom stereocenters. The number of ether oxygens (including phenoxy) is 1. The van der Waals surface area contributed by atoms with Gasteiger partial charge >= 0.3 is 0 Å². The molecule has 0 aliphatic heterocycles. The molecule has 0 amide bonds. The first-order valence-electron chi connectivity index (χ1n) is 5.53. The van der Waals surface area contributed by atoms with E-state index < -0.39 is 0 Å². The Morgan fingerprint density at radius 1 is 1.47 bits per heavy atom. The second kappa shape index (κ2) is 5.01. The maximum atomic E-state index is 5.71. The smallest absolute Gasteiger partial charge is 0.226 e. The van der Waals surface area contributed by atoms with E-state index in [1.807, 2.05) is 31.2 Å². The molecule has 17 heavy (non-hydrogen) atoms. The number of aromatic nitrogens is 1. The highest BCUT2D eigenvalue weighted by atomic mass is 16.5. The first-order chi connectivity index (χ1) is 8.19. The van der Waals surface area contributed by atoms with E-state index in [0.717, 1.165) is 17.1 Å². The summed E-state index contributed by atoms with van der Waals surface area (Å²) in [6.07, 6.45) is 2.41. The molecule has 0 radical (unpaired) electrons. The number of methoxy groups -OCH3 is 1. The molecule has 2 aromatic rings. The van der Waals surface area contributed by atoms with Gasteiger partial charge in [0.25, 0.3) is 0 Å². The van der Waals surface area contributed by atoms with Gasteiger partial charge in [0.15, 0.2) is 0 Å². The van der Waals surface area contributed by atoms with Crippen LogP contribution in [0.15, 0.2) is 34.9 Å². The van der Waals surface area contributed by atoms with Gasteiger partial charge in [0, 0.05) is 18.0 Å². The zero-order valence-electron chi connectivity index (χ0n) is 10.0. The summed E-state index contributed by atoms with van der Waals surface area (Å²) in [5, 5.41) is 0. The maximum absolute atomic E-state index is 5.71. The van der Waals surface area contributed by atoms with Gasteiger partial charge in [-0.05, 0) is 25.1 Å². The van der Waals surface area contributed by atoms with E-state index in [1.165, 1.54) is 0 Å². The quantitative estimate of drug-likeness (QED) is 0.878. The van der Waals surface area contributed by atoms with E-state index in [9.17, 15) is 0 Å². The molecular weight excluding hydrogens is 216 g/mol. The van der Waals surface area contributed by atoms with Crippen LogP contribution in [0.2, 0.25) is 0 Å². The lowest BCUT2D eigenvalue weighted by molar-refractivity contribution is 0.414. The Kier molecular flexibility index (Phi) is 3.44. The van der Waals surface area contributed by atoms with Crippen molar-refractivity contribution in [2.45, 2.75) is 19.4 Å². The van der Waals surface area contributed by atoms with Gasteiger partial charge in [0.1, 0.15) is 11.5 Å². The number of nitrogens with two attached hydrogens (primary N) is 1. The fourth-order valence-corrected chi connectivity index (χ4v) is 1.61. The summed E-state index contributed by atoms with van der Waals surface area (Å²) in [5.74, 6) is 2.19. The van der Waals surface area contributed by atoms with Gasteiger partial charge in [-0.3, -0.25) is 0 Å². The maximum Gasteiger partial charge on any atom is 0.226 e. The zero-order valence-corrected chi connectivity index (χ0v) is 10.0. The van der Waals surface area contributed by atoms with Crippen LogP contribution in [0.4, 0.5) is 0 Å². The highest BCUT2D eigenvalue weighted by molar-refractivity contribution is 5.55. The van der Waals surface area contributed by atoms with Crippen molar-refractivity contribution in [3.05, 3.63) is 36.2 Å². The van der Waals surface area contributed by atoms with Crippen LogP contribution in [0, 0.1) is 0 Å². The fourth-order valence-electron chi connectivity index (χ4n) is 1.61. The lowest BCUT2D eigenvalue weighted by Crippen LogP contribution is -2.17. The minimum atomic E-state index is 0.0705. The Labute approximate surface area is 100 Å². The van der Waals surface area contributed by atoms with Crippen molar-refractivity contribution >= 4 is 0 Å². The largest absolute Gasteiger partial charge is 0.497 e. The monoisotopic (exact) mass is 232 g/mol. The van der Waals surface area contributed by atoms with Crippen LogP contribution in [0.5, 0.6) is 5.75 Å². The molecule has 4 heteroatoms. The van der Waals surface area contributed by atoms with Crippen LogP contribution in [-0.2, 0) is 6.42 Å². The number of hydrogen-bond acceptors (Lipinski definition) is 4. The van der Waals surface area contributed by atoms with Crippen molar-refractivity contribution in [3.63, 3.8) is 0 Å². The summed E-state index contributed by atoms with van der Waals surface area (Å²) in [7, 11) is 1.64. The van der Waals surface area contributed by atoms with Crippen molar-refractivity contribution in [1.82, 2.24) is 4.98 Å². The normalized spacial score (nSPS) is 12.4. The number of nitrogens with zero attached hydrogens (tertiary/aromatic N) is 1. The summed E-state index contributed by atoms with van der Waals surface area (Å²) < 4.78 is 10.8. The number of benzene rings is 1. The number of rotatable bonds is 4. The average molecular weight is 232 g/mol. The number of oxazole rings is 1. The minimum absolute atomic E-state index is 0.0705. The van der Waals surface area contributed by atoms with E-state index in [0.29, 0.717) is 12.3 Å². The van der Waals surface area contributed by atoms with Gasteiger partial charge in [-0.1, -0.05) is 6.07 Å². The fraction of sp³-hybridized carbons (Fsp3) is 0.308. The predicted molar refractivity (Wildman–Crippen MR) is 65.8 cm³/mol. The second-order valence-corrected chi connectivity index (χ2v) is 4.05. The summed E-state index contributed by atoms with van der Waals surface area (Å²) in [5.41, 5.74) is 6.61. The highest BCUT2D eigenvalue weighted by Crippen LogP contribution is 2.23. The Morgan fingerprint density at radius 2 is 2.29 bits per heavy atom. The molecule has 2 rings (SSSR count). The van der Waals surface area contributed by atoms with Crippen molar-refractivity contribution in [2.24, 2.45) is 5.73 Å². The van der Waals surface area contributed by atoms with Crippen LogP contribution in [-0.4, -0.2) is 18.1 Å². The summed E-state index contributed by atoms with van der Waals surface area (Å²) in [6.45, 7) is 1.94. The van der Waals surface area contributed by atoms with Crippen LogP contribution in [0.25, 0.3) is 11.5 Å². The van der Waals surface area contributed by atoms with Crippen LogP contribution in [0.3, 0.4) is 0 Å². The third-order valence-electron chi connectivity index (χ3n) is 2.39. The molecule has 0 saturated heterocycles. The molecule has 1 aromatic heterocycles. The van der Waals surface area contributed by atoms with Gasteiger partial charge in [-0.15, -0.1) is 0 Å². The van der Waals surface area contributed by atoms with E-state index in [-0.39, 0.29) is 6.04 Å². The summed E-state index contributed by atoms with van der Waals surface area (Å²) in [4.78, 5) is 4.24. The molecule has 90 valence electrons. The second-order valence-electron chi connectivity index (χ2n) is 4.05. The standard InChI is InChI=1S/C13H16N2O2/c1-9(14)6-12-8-15-13(17-12)10-4-3-5-11(7-10)16-2/h3-5,7-9H,6,14H2,1-2H3. The molecule has 1 unspecified atom stereocenters. The van der Waals surface area contributed by atoms with Gasteiger partial charge in [-0.2, -0.15) is 0 Å². The Hall–Kier alpha value is -1.81. The van der Waals surface area contributed by atoms with E-state index in [4.69, 9.17) is 14.9 Å². The third kappa shape index (κ3) is 2.85. The first kappa shape index (κ1) is 11.7. The highest BCUT2D eigenvalue weighted by Gasteiger charge is 2.08. The SMILES string of the molecule is COc1cccc(-c2ncc(CC(C)N)o2)c1. The third-order valence-corrected chi connectivity index (χ3v) is 2.39. The molecule has 0 aliphatic carbocycles. The molecule has 0 fully saturated rings. The minimum Gasteiger partial charge on any atom is -0.497 e. The van der Waals surface area contributed by atoms with Crippen molar-refractivity contribution in [1.29, 1.82) is 0 Å². The molecule has 0 aliphatic rings. The summed E-state index contributed by atoms with van der Waals surface area (Å²) in [6, 6.07) is 7.69. The Balaban J connectivity index is 2.24. The van der Waals surface area contributed by atoms with Gasteiger partial charge < -0.3 is 14.9 Å². The topological polar surface area (TPSA) is 61.3 Å². The van der Waals surface area contributed by atoms with Crippen molar-refractivity contribution in [2.75, 3.05) is 7.11 Å². The van der Waals surface area contributed by atoms with Gasteiger partial charge in [0.05, 0.1) is 13.3 Å². The summed E-state index contributed by atoms with van der Waals surface area (Å²) >= 11 is 0. The molecule has 0 bridgehead atoms. The zero-order chi connectivity index (χ0) is 12.3. The molecule has 0 saturated carbocycles. The average Bonchev–Trinajstić information content (AvgIpc) is 2.77. The number of hydrogen-bond donors (Lipinski definition) is 1. The molecule has 1 heterocycles. The Bertz CT molecular complexity index is 492. The van der Waals surface area contributed by atoms with Crippen molar-refractivity contribution in [3.8, 4) is 17.2 Å². The molecule has 1 aromatic carbocycles. The van der Waals surface area contributed by atoms with E-state index in [1.54, 1.807) is 13.3 Å². The molecule has 0 spiro atoms. The van der Waals surface area contributed by atoms with Crippen LogP contribution < -0.4 is 10.5 Å². The molecule has 2 N–H and O–H groups in total. The van der Waals surface area contributed by atoms with Gasteiger partial charge in [0.2, 0.25) is 5.89 Å². The van der Waals surface area contributed by atoms with E-state index >= 15 is 0 Å². The molecule has 4 nitrogen and oxygen atoms in total. The Morgan fingerprint density at radius 3 is 3.00 bits per heavy atom. The van der Waals surface area contributed by atoms with Crippen LogP contribution in [0.1, 0.15) is 12.7 Å². The first-order valence-corrected chi connectivity index (χ1v) is 5.53.